The number of aryl methyl sites for hydroxylation is 9. The zero-order valence-electron chi connectivity index (χ0n) is 55.4. The standard InChI is InChI=1S/C24H30ClN5O2.2C23H28ClN5O2/c1-14-12-19-15(2)21(24-26-16(3)29-32-24)23(28-22(19)20(25)13-14)30-8-4-17(5-9-30)27-18-6-10-31-11-7-18;2*1-13-10-18-14(2)20(23-25-15(3)28-31-23)22(27-21(18)19(24)11-13)29-7-4-16(5-8-29)26-17-6-9-30-12-17/h12-13,17-18,27H,4-11H2,1-3H3;2*10-11,16-17,26H,4-9,12H2,1-3H3/t;2*17-/m.10/s1. The lowest BCUT2D eigenvalue weighted by atomic mass is 9.98. The van der Waals surface area contributed by atoms with Crippen molar-refractivity contribution < 1.29 is 27.8 Å². The number of ether oxygens (including phenoxy) is 3. The largest absolute Gasteiger partial charge is 0.381 e. The van der Waals surface area contributed by atoms with Crippen LogP contribution in [0.3, 0.4) is 0 Å². The molecule has 6 fully saturated rings. The number of halogens is 3. The van der Waals surface area contributed by atoms with Gasteiger partial charge in [0.1, 0.15) is 17.5 Å². The van der Waals surface area contributed by atoms with E-state index >= 15 is 0 Å². The number of pyridine rings is 3. The lowest BCUT2D eigenvalue weighted by Crippen LogP contribution is -2.48. The molecule has 6 saturated heterocycles. The number of nitrogens with zero attached hydrogens (tertiary/aromatic N) is 12. The van der Waals surface area contributed by atoms with Crippen LogP contribution in [0, 0.1) is 62.3 Å². The molecule has 0 spiro atoms. The summed E-state index contributed by atoms with van der Waals surface area (Å²) in [5.41, 5.74) is 11.7. The van der Waals surface area contributed by atoms with Crippen molar-refractivity contribution in [1.29, 1.82) is 0 Å². The highest BCUT2D eigenvalue weighted by Crippen LogP contribution is 2.43. The van der Waals surface area contributed by atoms with Crippen LogP contribution in [0.1, 0.15) is 115 Å². The van der Waals surface area contributed by atoms with E-state index in [1.165, 1.54) is 0 Å². The fourth-order valence-corrected chi connectivity index (χ4v) is 15.4. The molecule has 0 radical (unpaired) electrons. The minimum atomic E-state index is 0.483. The van der Waals surface area contributed by atoms with Crippen LogP contribution >= 0.6 is 34.8 Å². The van der Waals surface area contributed by atoms with Gasteiger partial charge >= 0.3 is 0 Å². The highest BCUT2D eigenvalue weighted by molar-refractivity contribution is 6.36. The molecule has 12 heterocycles. The summed E-state index contributed by atoms with van der Waals surface area (Å²) in [5, 5.41) is 28.6. The Bertz CT molecular complexity index is 3980. The zero-order valence-corrected chi connectivity index (χ0v) is 57.7. The first-order chi connectivity index (χ1) is 45.5. The van der Waals surface area contributed by atoms with Crippen LogP contribution in [0.5, 0.6) is 0 Å². The average Bonchev–Trinajstić information content (AvgIpc) is 1.27. The first-order valence-electron chi connectivity index (χ1n) is 33.5. The van der Waals surface area contributed by atoms with Crippen LogP contribution in [0.15, 0.2) is 50.0 Å². The SMILES string of the molecule is Cc1cc(Cl)c2nc(N3CCC(NC4CCOCC4)CC3)c(-c3nc(C)no3)c(C)c2c1.Cc1cc(Cl)c2nc(N3CCC(N[C@@H]4CCOC4)CC3)c(-c3nc(C)no3)c(C)c2c1.Cc1cc(Cl)c2nc(N3CCC(N[C@H]4CCOC4)CC3)c(-c3nc(C)no3)c(C)c2c1. The second-order valence-corrected chi connectivity index (χ2v) is 27.7. The van der Waals surface area contributed by atoms with Crippen LogP contribution in [0.4, 0.5) is 17.5 Å². The second-order valence-electron chi connectivity index (χ2n) is 26.5. The van der Waals surface area contributed by atoms with Crippen LogP contribution in [0.25, 0.3) is 67.1 Å². The van der Waals surface area contributed by atoms with Crippen molar-refractivity contribution in [3.05, 3.63) is 102 Å². The van der Waals surface area contributed by atoms with Gasteiger partial charge in [-0.2, -0.15) is 15.0 Å². The van der Waals surface area contributed by atoms with Gasteiger partial charge in [-0.15, -0.1) is 0 Å². The van der Waals surface area contributed by atoms with E-state index in [2.05, 4.69) is 100 Å². The van der Waals surface area contributed by atoms with E-state index in [-0.39, 0.29) is 0 Å². The highest BCUT2D eigenvalue weighted by Gasteiger charge is 2.33. The molecule has 6 aromatic heterocycles. The maximum atomic E-state index is 6.63. The molecule has 6 aliphatic rings. The van der Waals surface area contributed by atoms with Crippen molar-refractivity contribution in [3.8, 4) is 34.4 Å². The summed E-state index contributed by atoms with van der Waals surface area (Å²) < 4.78 is 33.3. The monoisotopic (exact) mass is 1340 g/mol. The molecule has 9 aromatic rings. The summed E-state index contributed by atoms with van der Waals surface area (Å²) in [6.45, 7) is 28.5. The maximum absolute atomic E-state index is 6.63. The fourth-order valence-electron chi connectivity index (χ4n) is 14.4. The number of hydrogen-bond donors (Lipinski definition) is 3. The van der Waals surface area contributed by atoms with Crippen LogP contribution in [-0.2, 0) is 14.2 Å². The van der Waals surface area contributed by atoms with E-state index < -0.39 is 0 Å². The van der Waals surface area contributed by atoms with Gasteiger partial charge in [-0.1, -0.05) is 50.3 Å². The first-order valence-corrected chi connectivity index (χ1v) is 34.6. The summed E-state index contributed by atoms with van der Waals surface area (Å²) in [5.74, 6) is 6.03. The molecule has 0 unspecified atom stereocenters. The fraction of sp³-hybridized carbons (Fsp3) is 0.529. The lowest BCUT2D eigenvalue weighted by Gasteiger charge is -2.37. The zero-order chi connectivity index (χ0) is 65.3. The van der Waals surface area contributed by atoms with Crippen LogP contribution in [-0.4, -0.2) is 161 Å². The third-order valence-electron chi connectivity index (χ3n) is 19.4. The molecule has 24 heteroatoms. The molecule has 15 rings (SSSR count). The van der Waals surface area contributed by atoms with E-state index in [0.29, 0.717) is 86.5 Å². The molecular weight excluding hydrogens is 1250 g/mol. The number of hydrogen-bond acceptors (Lipinski definition) is 21. The van der Waals surface area contributed by atoms with Crippen molar-refractivity contribution >= 4 is 85.0 Å². The Morgan fingerprint density at radius 1 is 0.351 bits per heavy atom. The normalized spacial score (nSPS) is 19.6. The Labute approximate surface area is 564 Å². The summed E-state index contributed by atoms with van der Waals surface area (Å²) in [6, 6.07) is 15.4. The van der Waals surface area contributed by atoms with Gasteiger partial charge in [0.05, 0.1) is 61.5 Å². The Kier molecular flexibility index (Phi) is 20.3. The topological polar surface area (TPSA) is 229 Å². The van der Waals surface area contributed by atoms with Gasteiger partial charge in [0.25, 0.3) is 17.7 Å². The van der Waals surface area contributed by atoms with Crippen molar-refractivity contribution in [3.63, 3.8) is 0 Å². The molecule has 3 N–H and O–H groups in total. The van der Waals surface area contributed by atoms with Crippen molar-refractivity contribution in [2.24, 2.45) is 0 Å². The van der Waals surface area contributed by atoms with E-state index in [4.69, 9.17) is 77.5 Å². The highest BCUT2D eigenvalue weighted by atomic mass is 35.5. The Morgan fingerprint density at radius 2 is 0.628 bits per heavy atom. The van der Waals surface area contributed by atoms with Crippen molar-refractivity contribution in [1.82, 2.24) is 61.3 Å². The third kappa shape index (κ3) is 14.5. The third-order valence-corrected chi connectivity index (χ3v) is 20.3. The number of fused-ring (bicyclic) bond motifs is 3. The predicted molar refractivity (Wildman–Crippen MR) is 370 cm³/mol. The van der Waals surface area contributed by atoms with Crippen LogP contribution < -0.4 is 30.7 Å². The number of aromatic nitrogens is 9. The molecule has 3 aromatic carbocycles. The lowest BCUT2D eigenvalue weighted by molar-refractivity contribution is 0.0738. The van der Waals surface area contributed by atoms with Crippen LogP contribution in [0.2, 0.25) is 15.1 Å². The van der Waals surface area contributed by atoms with Gasteiger partial charge in [0.2, 0.25) is 0 Å². The summed E-state index contributed by atoms with van der Waals surface area (Å²) >= 11 is 19.9. The summed E-state index contributed by atoms with van der Waals surface area (Å²) in [6.07, 6.45) is 10.8. The average molecular weight is 1340 g/mol. The van der Waals surface area contributed by atoms with Gasteiger partial charge in [0.15, 0.2) is 17.5 Å². The maximum Gasteiger partial charge on any atom is 0.261 e. The van der Waals surface area contributed by atoms with E-state index in [0.717, 1.165) is 243 Å². The smallest absolute Gasteiger partial charge is 0.261 e. The minimum Gasteiger partial charge on any atom is -0.381 e. The van der Waals surface area contributed by atoms with Gasteiger partial charge in [-0.25, -0.2) is 15.0 Å². The van der Waals surface area contributed by atoms with Gasteiger partial charge < -0.3 is 58.4 Å². The molecular formula is C70H86Cl3N15O6. The van der Waals surface area contributed by atoms with Gasteiger partial charge in [-0.3, -0.25) is 0 Å². The molecule has 6 aliphatic heterocycles. The Morgan fingerprint density at radius 3 is 0.904 bits per heavy atom. The summed E-state index contributed by atoms with van der Waals surface area (Å²) in [7, 11) is 0. The summed E-state index contributed by atoms with van der Waals surface area (Å²) in [4.78, 5) is 35.7. The molecule has 0 amide bonds. The van der Waals surface area contributed by atoms with E-state index in [9.17, 15) is 0 Å². The Balaban J connectivity index is 0.000000128. The molecule has 2 atom stereocenters. The predicted octanol–water partition coefficient (Wildman–Crippen LogP) is 13.0. The van der Waals surface area contributed by atoms with Crippen molar-refractivity contribution in [2.75, 3.05) is 93.6 Å². The van der Waals surface area contributed by atoms with E-state index in [1.54, 1.807) is 0 Å². The Hall–Kier alpha value is -6.66. The molecule has 0 saturated carbocycles. The quantitative estimate of drug-likeness (QED) is 0.103. The van der Waals surface area contributed by atoms with Gasteiger partial charge in [0, 0.05) is 118 Å². The van der Waals surface area contributed by atoms with Gasteiger partial charge in [-0.05, 0) is 196 Å². The number of rotatable bonds is 12. The molecule has 0 aliphatic carbocycles. The molecule has 94 heavy (non-hydrogen) atoms. The number of nitrogens with one attached hydrogen (secondary N) is 3. The number of anilines is 3. The van der Waals surface area contributed by atoms with Crippen molar-refractivity contribution in [2.45, 2.75) is 163 Å². The molecule has 498 valence electrons. The second kappa shape index (κ2) is 29.0. The number of piperidine rings is 3. The van der Waals surface area contributed by atoms with E-state index in [1.807, 2.05) is 59.7 Å². The molecule has 0 bridgehead atoms. The first kappa shape index (κ1) is 66.0. The number of benzene rings is 3. The minimum absolute atomic E-state index is 0.483. The molecule has 21 nitrogen and oxygen atoms in total.